The summed E-state index contributed by atoms with van der Waals surface area (Å²) < 4.78 is 32.2. The van der Waals surface area contributed by atoms with Crippen LogP contribution < -0.4 is 10.1 Å². The highest BCUT2D eigenvalue weighted by molar-refractivity contribution is 7.10. The smallest absolute Gasteiger partial charge is 0.162 e. The van der Waals surface area contributed by atoms with Gasteiger partial charge in [0.25, 0.3) is 0 Å². The molecule has 1 aromatic carbocycles. The molecule has 1 atom stereocenters. The van der Waals surface area contributed by atoms with E-state index in [0.717, 1.165) is 16.7 Å². The number of hydrogen-bond acceptors (Lipinski definition) is 3. The van der Waals surface area contributed by atoms with E-state index in [1.165, 1.54) is 17.4 Å². The Morgan fingerprint density at radius 1 is 1.32 bits per heavy atom. The van der Waals surface area contributed by atoms with Crippen LogP contribution in [0.25, 0.3) is 0 Å². The van der Waals surface area contributed by atoms with Crippen LogP contribution in [-0.2, 0) is 6.42 Å². The largest absolute Gasteiger partial charge is 0.496 e. The van der Waals surface area contributed by atoms with Crippen molar-refractivity contribution in [2.24, 2.45) is 0 Å². The van der Waals surface area contributed by atoms with Gasteiger partial charge in [-0.2, -0.15) is 0 Å². The van der Waals surface area contributed by atoms with E-state index in [1.54, 1.807) is 20.2 Å². The summed E-state index contributed by atoms with van der Waals surface area (Å²) in [7, 11) is 3.39. The summed E-state index contributed by atoms with van der Waals surface area (Å²) in [6.45, 7) is 0. The number of nitrogens with one attached hydrogen (secondary N) is 1. The lowest BCUT2D eigenvalue weighted by molar-refractivity contribution is 0.404. The van der Waals surface area contributed by atoms with Crippen LogP contribution in [0.1, 0.15) is 16.5 Å². The molecule has 1 unspecified atom stereocenters. The molecule has 2 rings (SSSR count). The molecule has 0 aliphatic rings. The highest BCUT2D eigenvalue weighted by Gasteiger charge is 2.19. The van der Waals surface area contributed by atoms with E-state index >= 15 is 0 Å². The molecule has 0 saturated carbocycles. The molecule has 0 radical (unpaired) electrons. The second-order valence-corrected chi connectivity index (χ2v) is 5.06. The van der Waals surface area contributed by atoms with Crippen molar-refractivity contribution in [2.45, 2.75) is 12.5 Å². The summed E-state index contributed by atoms with van der Waals surface area (Å²) in [4.78, 5) is 0.980. The van der Waals surface area contributed by atoms with Gasteiger partial charge in [-0.3, -0.25) is 0 Å². The summed E-state index contributed by atoms with van der Waals surface area (Å²) in [6, 6.07) is 6.01. The standard InChI is InChI=1S/C14H15F2NOS/c1-17-11(14-12(18-2)6-7-19-14)8-9-4-3-5-10(15)13(9)16/h3-7,11,17H,8H2,1-2H3. The molecule has 0 saturated heterocycles. The van der Waals surface area contributed by atoms with E-state index < -0.39 is 11.6 Å². The van der Waals surface area contributed by atoms with Crippen molar-refractivity contribution in [3.63, 3.8) is 0 Å². The summed E-state index contributed by atoms with van der Waals surface area (Å²) in [6.07, 6.45) is 0.372. The second-order valence-electron chi connectivity index (χ2n) is 4.11. The van der Waals surface area contributed by atoms with Crippen LogP contribution >= 0.6 is 11.3 Å². The number of halogens is 2. The quantitative estimate of drug-likeness (QED) is 0.906. The van der Waals surface area contributed by atoms with Crippen molar-refractivity contribution < 1.29 is 13.5 Å². The van der Waals surface area contributed by atoms with Crippen molar-refractivity contribution in [1.82, 2.24) is 5.32 Å². The van der Waals surface area contributed by atoms with Crippen LogP contribution in [0.15, 0.2) is 29.6 Å². The van der Waals surface area contributed by atoms with E-state index in [0.29, 0.717) is 12.0 Å². The Hall–Kier alpha value is -1.46. The van der Waals surface area contributed by atoms with E-state index in [1.807, 2.05) is 11.4 Å². The lowest BCUT2D eigenvalue weighted by Gasteiger charge is -2.16. The minimum absolute atomic E-state index is 0.105. The van der Waals surface area contributed by atoms with Gasteiger partial charge in [0.15, 0.2) is 11.6 Å². The van der Waals surface area contributed by atoms with Gasteiger partial charge in [0.2, 0.25) is 0 Å². The summed E-state index contributed by atoms with van der Waals surface area (Å²) in [5.41, 5.74) is 0.356. The Morgan fingerprint density at radius 2 is 2.11 bits per heavy atom. The molecule has 0 spiro atoms. The Bertz CT molecular complexity index is 556. The molecule has 0 bridgehead atoms. The molecule has 1 aromatic heterocycles. The SMILES string of the molecule is CNC(Cc1cccc(F)c1F)c1sccc1OC. The van der Waals surface area contributed by atoms with Gasteiger partial charge in [-0.25, -0.2) is 8.78 Å². The first-order chi connectivity index (χ1) is 9.17. The van der Waals surface area contributed by atoms with Gasteiger partial charge in [-0.15, -0.1) is 11.3 Å². The molecule has 0 aliphatic heterocycles. The van der Waals surface area contributed by atoms with Crippen LogP contribution in [0.2, 0.25) is 0 Å². The van der Waals surface area contributed by atoms with Gasteiger partial charge >= 0.3 is 0 Å². The second kappa shape index (κ2) is 6.12. The van der Waals surface area contributed by atoms with Crippen LogP contribution in [0.5, 0.6) is 5.75 Å². The van der Waals surface area contributed by atoms with E-state index in [-0.39, 0.29) is 6.04 Å². The Balaban J connectivity index is 2.27. The zero-order valence-electron chi connectivity index (χ0n) is 10.7. The van der Waals surface area contributed by atoms with Crippen LogP contribution in [-0.4, -0.2) is 14.2 Å². The number of likely N-dealkylation sites (N-methyl/N-ethyl adjacent to an activating group) is 1. The molecule has 0 aliphatic carbocycles. The molecule has 102 valence electrons. The third-order valence-corrected chi connectivity index (χ3v) is 4.01. The topological polar surface area (TPSA) is 21.3 Å². The Morgan fingerprint density at radius 3 is 2.79 bits per heavy atom. The molecule has 0 amide bonds. The fourth-order valence-corrected chi connectivity index (χ4v) is 2.95. The maximum absolute atomic E-state index is 13.7. The van der Waals surface area contributed by atoms with Crippen molar-refractivity contribution in [2.75, 3.05) is 14.2 Å². The maximum Gasteiger partial charge on any atom is 0.162 e. The van der Waals surface area contributed by atoms with Gasteiger partial charge in [-0.05, 0) is 36.5 Å². The van der Waals surface area contributed by atoms with Gasteiger partial charge in [0.1, 0.15) is 5.75 Å². The number of ether oxygens (including phenoxy) is 1. The zero-order chi connectivity index (χ0) is 13.8. The monoisotopic (exact) mass is 283 g/mol. The predicted molar refractivity (Wildman–Crippen MR) is 72.7 cm³/mol. The van der Waals surface area contributed by atoms with Crippen molar-refractivity contribution >= 4 is 11.3 Å². The molecule has 2 aromatic rings. The molecule has 0 fully saturated rings. The number of methoxy groups -OCH3 is 1. The molecule has 1 heterocycles. The number of hydrogen-bond donors (Lipinski definition) is 1. The number of benzene rings is 1. The normalized spacial score (nSPS) is 12.4. The Kier molecular flexibility index (Phi) is 4.50. The summed E-state index contributed by atoms with van der Waals surface area (Å²) in [5, 5.41) is 5.03. The molecule has 2 nitrogen and oxygen atoms in total. The van der Waals surface area contributed by atoms with Crippen molar-refractivity contribution in [1.29, 1.82) is 0 Å². The van der Waals surface area contributed by atoms with Gasteiger partial charge in [0, 0.05) is 6.04 Å². The van der Waals surface area contributed by atoms with Crippen LogP contribution in [0.4, 0.5) is 8.78 Å². The van der Waals surface area contributed by atoms with E-state index in [2.05, 4.69) is 5.32 Å². The predicted octanol–water partition coefficient (Wildman–Crippen LogP) is 3.54. The fraction of sp³-hybridized carbons (Fsp3) is 0.286. The van der Waals surface area contributed by atoms with E-state index in [4.69, 9.17) is 4.74 Å². The molecular weight excluding hydrogens is 268 g/mol. The summed E-state index contributed by atoms with van der Waals surface area (Å²) in [5.74, 6) is -0.829. The van der Waals surface area contributed by atoms with Crippen molar-refractivity contribution in [3.8, 4) is 5.75 Å². The van der Waals surface area contributed by atoms with Crippen LogP contribution in [0, 0.1) is 11.6 Å². The highest BCUT2D eigenvalue weighted by Crippen LogP contribution is 2.33. The fourth-order valence-electron chi connectivity index (χ4n) is 1.98. The van der Waals surface area contributed by atoms with E-state index in [9.17, 15) is 8.78 Å². The molecule has 5 heteroatoms. The molecule has 19 heavy (non-hydrogen) atoms. The molecule has 1 N–H and O–H groups in total. The average molecular weight is 283 g/mol. The first-order valence-electron chi connectivity index (χ1n) is 5.89. The minimum atomic E-state index is -0.814. The average Bonchev–Trinajstić information content (AvgIpc) is 2.88. The maximum atomic E-state index is 13.7. The van der Waals surface area contributed by atoms with Gasteiger partial charge in [0.05, 0.1) is 12.0 Å². The third-order valence-electron chi connectivity index (χ3n) is 3.00. The third kappa shape index (κ3) is 2.93. The number of thiophene rings is 1. The minimum Gasteiger partial charge on any atom is -0.496 e. The molecular formula is C14H15F2NOS. The zero-order valence-corrected chi connectivity index (χ0v) is 11.6. The first kappa shape index (κ1) is 14.0. The lowest BCUT2D eigenvalue weighted by Crippen LogP contribution is -2.19. The first-order valence-corrected chi connectivity index (χ1v) is 6.76. The highest BCUT2D eigenvalue weighted by atomic mass is 32.1. The Labute approximate surface area is 115 Å². The van der Waals surface area contributed by atoms with Gasteiger partial charge in [-0.1, -0.05) is 12.1 Å². The van der Waals surface area contributed by atoms with Crippen LogP contribution in [0.3, 0.4) is 0 Å². The van der Waals surface area contributed by atoms with Crippen molar-refractivity contribution in [3.05, 3.63) is 51.7 Å². The summed E-state index contributed by atoms with van der Waals surface area (Å²) >= 11 is 1.53. The number of rotatable bonds is 5. The lowest BCUT2D eigenvalue weighted by atomic mass is 10.0. The van der Waals surface area contributed by atoms with Gasteiger partial charge < -0.3 is 10.1 Å².